The molecule has 1 saturated heterocycles. The molecule has 1 aliphatic rings. The zero-order valence-electron chi connectivity index (χ0n) is 15.6. The normalized spacial score (nSPS) is 18.3. The summed E-state index contributed by atoms with van der Waals surface area (Å²) in [7, 11) is 0. The van der Waals surface area contributed by atoms with Crippen LogP contribution in [0.25, 0.3) is 20.7 Å². The number of amides is 1. The number of nitrogens with zero attached hydrogens (tertiary/aromatic N) is 3. The maximum absolute atomic E-state index is 13.0. The number of carbonyl (C=O) groups is 1. The molecule has 2 aromatic heterocycles. The predicted molar refractivity (Wildman–Crippen MR) is 113 cm³/mol. The minimum Gasteiger partial charge on any atom is -0.339 e. The van der Waals surface area contributed by atoms with Gasteiger partial charge in [-0.1, -0.05) is 48.5 Å². The lowest BCUT2D eigenvalue weighted by atomic mass is 10.2. The van der Waals surface area contributed by atoms with Gasteiger partial charge in [0.2, 0.25) is 5.91 Å². The molecule has 4 rings (SSSR count). The highest BCUT2D eigenvalue weighted by Crippen LogP contribution is 2.38. The number of hydrogen-bond acceptors (Lipinski definition) is 5. The smallest absolute Gasteiger partial charge is 0.236 e. The second-order valence-electron chi connectivity index (χ2n) is 7.10. The summed E-state index contributed by atoms with van der Waals surface area (Å²) >= 11 is 3.29. The van der Waals surface area contributed by atoms with Crippen LogP contribution in [0.3, 0.4) is 0 Å². The number of fused-ring (bicyclic) bond motifs is 1. The van der Waals surface area contributed by atoms with Gasteiger partial charge in [-0.3, -0.25) is 4.79 Å². The van der Waals surface area contributed by atoms with Crippen molar-refractivity contribution in [3.63, 3.8) is 0 Å². The molecule has 1 fully saturated rings. The Morgan fingerprint density at radius 1 is 1.19 bits per heavy atom. The van der Waals surface area contributed by atoms with Gasteiger partial charge in [0, 0.05) is 22.8 Å². The Kier molecular flexibility index (Phi) is 5.45. The molecule has 1 aromatic carbocycles. The number of hydrogen-bond donors (Lipinski definition) is 0. The molecule has 4 nitrogen and oxygen atoms in total. The topological polar surface area (TPSA) is 46.1 Å². The molecule has 0 spiro atoms. The van der Waals surface area contributed by atoms with E-state index < -0.39 is 0 Å². The Hall–Kier alpha value is -1.92. The first-order chi connectivity index (χ1) is 13.1. The molecule has 0 radical (unpaired) electrons. The molecular formula is C21H23N3OS2. The molecule has 0 N–H and O–H groups in total. The van der Waals surface area contributed by atoms with Gasteiger partial charge in [0.05, 0.1) is 5.25 Å². The van der Waals surface area contributed by atoms with E-state index >= 15 is 0 Å². The van der Waals surface area contributed by atoms with Gasteiger partial charge in [0.15, 0.2) is 0 Å². The molecule has 6 heteroatoms. The van der Waals surface area contributed by atoms with Crippen molar-refractivity contribution in [2.45, 2.75) is 49.4 Å². The highest BCUT2D eigenvalue weighted by Gasteiger charge is 2.30. The number of benzene rings is 1. The summed E-state index contributed by atoms with van der Waals surface area (Å²) in [5, 5.41) is 1.91. The lowest BCUT2D eigenvalue weighted by Gasteiger charge is -2.27. The van der Waals surface area contributed by atoms with Crippen LogP contribution in [0.2, 0.25) is 0 Å². The maximum atomic E-state index is 13.0. The average molecular weight is 398 g/mol. The quantitative estimate of drug-likeness (QED) is 0.565. The Bertz CT molecular complexity index is 939. The largest absolute Gasteiger partial charge is 0.339 e. The second-order valence-corrected chi connectivity index (χ2v) is 9.32. The van der Waals surface area contributed by atoms with E-state index in [1.165, 1.54) is 10.4 Å². The Morgan fingerprint density at radius 2 is 2.00 bits per heavy atom. The molecule has 0 saturated carbocycles. The molecule has 27 heavy (non-hydrogen) atoms. The van der Waals surface area contributed by atoms with Crippen molar-refractivity contribution >= 4 is 39.2 Å². The van der Waals surface area contributed by atoms with Gasteiger partial charge in [-0.2, -0.15) is 0 Å². The first-order valence-electron chi connectivity index (χ1n) is 9.40. The van der Waals surface area contributed by atoms with E-state index in [0.29, 0.717) is 0 Å². The SMILES string of the molecule is CC(C)N1CCCCC(Sc2ncnc3sc(-c4ccccc4)cc23)C1=O. The van der Waals surface area contributed by atoms with Gasteiger partial charge in [0.25, 0.3) is 0 Å². The van der Waals surface area contributed by atoms with Gasteiger partial charge in [-0.15, -0.1) is 11.3 Å². The van der Waals surface area contributed by atoms with Crippen LogP contribution in [0.4, 0.5) is 0 Å². The fourth-order valence-electron chi connectivity index (χ4n) is 3.46. The van der Waals surface area contributed by atoms with Crippen LogP contribution in [-0.2, 0) is 4.79 Å². The third kappa shape index (κ3) is 3.87. The van der Waals surface area contributed by atoms with Crippen LogP contribution in [0.15, 0.2) is 47.8 Å². The molecule has 0 aliphatic carbocycles. The van der Waals surface area contributed by atoms with Crippen molar-refractivity contribution < 1.29 is 4.79 Å². The van der Waals surface area contributed by atoms with Crippen molar-refractivity contribution in [1.29, 1.82) is 0 Å². The summed E-state index contributed by atoms with van der Waals surface area (Å²) in [6.45, 7) is 5.06. The molecule has 3 aromatic rings. The number of likely N-dealkylation sites (tertiary alicyclic amines) is 1. The standard InChI is InChI=1S/C21H23N3OS2/c1-14(2)24-11-7-6-10-17(21(24)25)26-19-16-12-18(15-8-4-3-5-9-15)27-20(16)23-13-22-19/h3-5,8-9,12-14,17H,6-7,10-11H2,1-2H3. The maximum Gasteiger partial charge on any atom is 0.236 e. The second kappa shape index (κ2) is 7.98. The average Bonchev–Trinajstić information content (AvgIpc) is 3.03. The van der Waals surface area contributed by atoms with E-state index in [-0.39, 0.29) is 17.2 Å². The summed E-state index contributed by atoms with van der Waals surface area (Å²) < 4.78 is 0. The van der Waals surface area contributed by atoms with Crippen molar-refractivity contribution in [3.05, 3.63) is 42.7 Å². The first-order valence-corrected chi connectivity index (χ1v) is 11.1. The zero-order chi connectivity index (χ0) is 18.8. The third-order valence-electron chi connectivity index (χ3n) is 4.90. The molecule has 1 aliphatic heterocycles. The molecule has 3 heterocycles. The summed E-state index contributed by atoms with van der Waals surface area (Å²) in [6, 6.07) is 12.8. The minimum atomic E-state index is -0.0620. The lowest BCUT2D eigenvalue weighted by molar-refractivity contribution is -0.131. The highest BCUT2D eigenvalue weighted by molar-refractivity contribution is 8.00. The van der Waals surface area contributed by atoms with Crippen LogP contribution in [0.5, 0.6) is 0 Å². The fraction of sp³-hybridized carbons (Fsp3) is 0.381. The van der Waals surface area contributed by atoms with Crippen LogP contribution < -0.4 is 0 Å². The number of thioether (sulfide) groups is 1. The predicted octanol–water partition coefficient (Wildman–Crippen LogP) is 5.24. The number of carbonyl (C=O) groups excluding carboxylic acids is 1. The van der Waals surface area contributed by atoms with Crippen molar-refractivity contribution in [3.8, 4) is 10.4 Å². The van der Waals surface area contributed by atoms with E-state index in [0.717, 1.165) is 41.0 Å². The highest BCUT2D eigenvalue weighted by atomic mass is 32.2. The molecule has 1 amide bonds. The minimum absolute atomic E-state index is 0.0620. The van der Waals surface area contributed by atoms with Crippen LogP contribution in [-0.4, -0.2) is 38.6 Å². The monoisotopic (exact) mass is 397 g/mol. The van der Waals surface area contributed by atoms with Gasteiger partial charge < -0.3 is 4.90 Å². The van der Waals surface area contributed by atoms with E-state index in [2.05, 4.69) is 42.0 Å². The van der Waals surface area contributed by atoms with Crippen LogP contribution in [0.1, 0.15) is 33.1 Å². The molecule has 0 bridgehead atoms. The van der Waals surface area contributed by atoms with Crippen LogP contribution >= 0.6 is 23.1 Å². The Morgan fingerprint density at radius 3 is 2.78 bits per heavy atom. The summed E-state index contributed by atoms with van der Waals surface area (Å²) in [6.07, 6.45) is 4.70. The number of thiophene rings is 1. The molecule has 1 unspecified atom stereocenters. The van der Waals surface area contributed by atoms with E-state index in [1.807, 2.05) is 23.1 Å². The molecule has 1 atom stereocenters. The number of rotatable bonds is 4. The summed E-state index contributed by atoms with van der Waals surface area (Å²) in [4.78, 5) is 26.2. The third-order valence-corrected chi connectivity index (χ3v) is 7.26. The molecule has 140 valence electrons. The van der Waals surface area contributed by atoms with Gasteiger partial charge in [-0.05, 0) is 38.3 Å². The number of aromatic nitrogens is 2. The van der Waals surface area contributed by atoms with Gasteiger partial charge >= 0.3 is 0 Å². The van der Waals surface area contributed by atoms with Gasteiger partial charge in [-0.25, -0.2) is 9.97 Å². The lowest BCUT2D eigenvalue weighted by Crippen LogP contribution is -2.41. The van der Waals surface area contributed by atoms with Crippen molar-refractivity contribution in [2.24, 2.45) is 0 Å². The Balaban J connectivity index is 1.65. The van der Waals surface area contributed by atoms with Crippen molar-refractivity contribution in [1.82, 2.24) is 14.9 Å². The fourth-order valence-corrected chi connectivity index (χ4v) is 5.71. The van der Waals surface area contributed by atoms with E-state index in [4.69, 9.17) is 0 Å². The van der Waals surface area contributed by atoms with Crippen molar-refractivity contribution in [2.75, 3.05) is 6.54 Å². The molecular weight excluding hydrogens is 374 g/mol. The zero-order valence-corrected chi connectivity index (χ0v) is 17.2. The first kappa shape index (κ1) is 18.4. The van der Waals surface area contributed by atoms with E-state index in [1.54, 1.807) is 29.4 Å². The van der Waals surface area contributed by atoms with E-state index in [9.17, 15) is 4.79 Å². The summed E-state index contributed by atoms with van der Waals surface area (Å²) in [5.74, 6) is 0.248. The van der Waals surface area contributed by atoms with Gasteiger partial charge in [0.1, 0.15) is 16.2 Å². The van der Waals surface area contributed by atoms with Crippen LogP contribution in [0, 0.1) is 0 Å². The summed E-state index contributed by atoms with van der Waals surface area (Å²) in [5.41, 5.74) is 1.19. The Labute approximate surface area is 168 Å².